The van der Waals surface area contributed by atoms with Crippen molar-refractivity contribution in [3.05, 3.63) is 70.1 Å². The maximum absolute atomic E-state index is 12.5. The molecular weight excluding hydrogens is 340 g/mol. The van der Waals surface area contributed by atoms with Crippen molar-refractivity contribution in [2.45, 2.75) is 40.0 Å². The van der Waals surface area contributed by atoms with Gasteiger partial charge in [-0.05, 0) is 42.5 Å². The number of amides is 1. The number of nitrogens with one attached hydrogen (secondary N) is 1. The van der Waals surface area contributed by atoms with Crippen molar-refractivity contribution in [2.24, 2.45) is 0 Å². The highest BCUT2D eigenvalue weighted by molar-refractivity contribution is 7.14. The number of carbonyl (C=O) groups is 1. The first-order valence-electron chi connectivity index (χ1n) is 8.69. The van der Waals surface area contributed by atoms with Crippen LogP contribution in [0.3, 0.4) is 0 Å². The van der Waals surface area contributed by atoms with Crippen LogP contribution in [0.4, 0.5) is 5.13 Å². The third-order valence-electron chi connectivity index (χ3n) is 4.40. The van der Waals surface area contributed by atoms with E-state index in [9.17, 15) is 4.79 Å². The van der Waals surface area contributed by atoms with E-state index in [1.807, 2.05) is 29.6 Å². The van der Waals surface area contributed by atoms with E-state index in [1.165, 1.54) is 28.0 Å². The van der Waals surface area contributed by atoms with Gasteiger partial charge in [-0.2, -0.15) is 0 Å². The molecule has 3 nitrogen and oxygen atoms in total. The summed E-state index contributed by atoms with van der Waals surface area (Å²) in [6.07, 6.45) is 0. The molecule has 0 atom stereocenters. The van der Waals surface area contributed by atoms with Crippen molar-refractivity contribution in [3.8, 4) is 11.3 Å². The highest BCUT2D eigenvalue weighted by Crippen LogP contribution is 2.28. The second kappa shape index (κ2) is 7.04. The molecule has 0 bridgehead atoms. The standard InChI is InChI=1S/C22H24N2OS/c1-14-6-11-18(15(2)12-14)19-13-26-21(23-19)24-20(25)16-7-9-17(10-8-16)22(3,4)5/h6-13H,1-5H3,(H,23,24,25). The van der Waals surface area contributed by atoms with E-state index in [2.05, 4.69) is 63.1 Å². The SMILES string of the molecule is Cc1ccc(-c2csc(NC(=O)c3ccc(C(C)(C)C)cc3)n2)c(C)c1. The van der Waals surface area contributed by atoms with Crippen LogP contribution in [0.15, 0.2) is 47.8 Å². The normalized spacial score (nSPS) is 11.4. The average molecular weight is 365 g/mol. The molecule has 0 spiro atoms. The lowest BCUT2D eigenvalue weighted by Crippen LogP contribution is -2.14. The molecule has 1 N–H and O–H groups in total. The summed E-state index contributed by atoms with van der Waals surface area (Å²) in [5.41, 5.74) is 6.33. The predicted molar refractivity (Wildman–Crippen MR) is 110 cm³/mol. The number of thiazole rings is 1. The molecule has 0 unspecified atom stereocenters. The number of hydrogen-bond donors (Lipinski definition) is 1. The monoisotopic (exact) mass is 364 g/mol. The number of nitrogens with zero attached hydrogens (tertiary/aromatic N) is 1. The Morgan fingerprint density at radius 2 is 1.73 bits per heavy atom. The van der Waals surface area contributed by atoms with E-state index >= 15 is 0 Å². The Morgan fingerprint density at radius 1 is 1.04 bits per heavy atom. The summed E-state index contributed by atoms with van der Waals surface area (Å²) >= 11 is 1.44. The first kappa shape index (κ1) is 18.3. The Kier molecular flexibility index (Phi) is 4.97. The number of aryl methyl sites for hydroxylation is 2. The Bertz CT molecular complexity index is 934. The van der Waals surface area contributed by atoms with Crippen LogP contribution in [-0.4, -0.2) is 10.9 Å². The summed E-state index contributed by atoms with van der Waals surface area (Å²) in [5.74, 6) is -0.132. The third-order valence-corrected chi connectivity index (χ3v) is 5.15. The van der Waals surface area contributed by atoms with Gasteiger partial charge in [0.25, 0.3) is 5.91 Å². The fourth-order valence-corrected chi connectivity index (χ4v) is 3.55. The molecule has 0 aliphatic heterocycles. The first-order chi connectivity index (χ1) is 12.2. The lowest BCUT2D eigenvalue weighted by atomic mass is 9.87. The Hall–Kier alpha value is -2.46. The van der Waals surface area contributed by atoms with Gasteiger partial charge in [-0.3, -0.25) is 10.1 Å². The number of carbonyl (C=O) groups excluding carboxylic acids is 1. The van der Waals surface area contributed by atoms with Crippen molar-refractivity contribution >= 4 is 22.4 Å². The Balaban J connectivity index is 1.75. The summed E-state index contributed by atoms with van der Waals surface area (Å²) in [7, 11) is 0. The first-order valence-corrected chi connectivity index (χ1v) is 9.57. The molecule has 1 aromatic heterocycles. The number of benzene rings is 2. The van der Waals surface area contributed by atoms with Gasteiger partial charge in [0.1, 0.15) is 0 Å². The summed E-state index contributed by atoms with van der Waals surface area (Å²) < 4.78 is 0. The van der Waals surface area contributed by atoms with Crippen LogP contribution in [0.25, 0.3) is 11.3 Å². The maximum atomic E-state index is 12.5. The molecule has 0 radical (unpaired) electrons. The Morgan fingerprint density at radius 3 is 2.35 bits per heavy atom. The van der Waals surface area contributed by atoms with Crippen molar-refractivity contribution in [3.63, 3.8) is 0 Å². The predicted octanol–water partition coefficient (Wildman–Crippen LogP) is 5.98. The molecule has 4 heteroatoms. The summed E-state index contributed by atoms with van der Waals surface area (Å²) in [6.45, 7) is 10.6. The van der Waals surface area contributed by atoms with Gasteiger partial charge < -0.3 is 0 Å². The van der Waals surface area contributed by atoms with Crippen LogP contribution in [0.5, 0.6) is 0 Å². The minimum absolute atomic E-state index is 0.0745. The van der Waals surface area contributed by atoms with Gasteiger partial charge in [0.2, 0.25) is 0 Å². The van der Waals surface area contributed by atoms with E-state index in [1.54, 1.807) is 0 Å². The van der Waals surface area contributed by atoms with Crippen molar-refractivity contribution in [2.75, 3.05) is 5.32 Å². The molecule has 1 heterocycles. The number of rotatable bonds is 3. The van der Waals surface area contributed by atoms with Crippen LogP contribution in [0.1, 0.15) is 47.8 Å². The molecule has 0 saturated carbocycles. The molecule has 3 aromatic rings. The molecular formula is C22H24N2OS. The second-order valence-electron chi connectivity index (χ2n) is 7.64. The fourth-order valence-electron chi connectivity index (χ4n) is 2.85. The molecule has 26 heavy (non-hydrogen) atoms. The minimum Gasteiger partial charge on any atom is -0.298 e. The summed E-state index contributed by atoms with van der Waals surface area (Å²) in [6, 6.07) is 14.1. The van der Waals surface area contributed by atoms with Crippen LogP contribution in [-0.2, 0) is 5.41 Å². The molecule has 0 fully saturated rings. The highest BCUT2D eigenvalue weighted by atomic mass is 32.1. The summed E-state index contributed by atoms with van der Waals surface area (Å²) in [5, 5.41) is 5.50. The van der Waals surface area contributed by atoms with Crippen LogP contribution >= 0.6 is 11.3 Å². The fraction of sp³-hybridized carbons (Fsp3) is 0.273. The second-order valence-corrected chi connectivity index (χ2v) is 8.50. The molecule has 0 saturated heterocycles. The molecule has 3 rings (SSSR count). The van der Waals surface area contributed by atoms with Crippen molar-refractivity contribution in [1.29, 1.82) is 0 Å². The van der Waals surface area contributed by atoms with Gasteiger partial charge >= 0.3 is 0 Å². The maximum Gasteiger partial charge on any atom is 0.257 e. The van der Waals surface area contributed by atoms with Crippen LogP contribution in [0.2, 0.25) is 0 Å². The van der Waals surface area contributed by atoms with Crippen molar-refractivity contribution < 1.29 is 4.79 Å². The van der Waals surface area contributed by atoms with Gasteiger partial charge in [-0.1, -0.05) is 56.7 Å². The van der Waals surface area contributed by atoms with Gasteiger partial charge in [-0.15, -0.1) is 11.3 Å². The van der Waals surface area contributed by atoms with Gasteiger partial charge in [0, 0.05) is 16.5 Å². The molecule has 134 valence electrons. The smallest absolute Gasteiger partial charge is 0.257 e. The molecule has 1 amide bonds. The van der Waals surface area contributed by atoms with Crippen molar-refractivity contribution in [1.82, 2.24) is 4.98 Å². The van der Waals surface area contributed by atoms with Crippen LogP contribution < -0.4 is 5.32 Å². The van der Waals surface area contributed by atoms with Gasteiger partial charge in [0.05, 0.1) is 5.69 Å². The Labute approximate surface area is 159 Å². The lowest BCUT2D eigenvalue weighted by Gasteiger charge is -2.18. The zero-order valence-corrected chi connectivity index (χ0v) is 16.7. The third kappa shape index (κ3) is 4.02. The van der Waals surface area contributed by atoms with E-state index in [0.29, 0.717) is 10.7 Å². The topological polar surface area (TPSA) is 42.0 Å². The molecule has 2 aromatic carbocycles. The quantitative estimate of drug-likeness (QED) is 0.621. The number of anilines is 1. The van der Waals surface area contributed by atoms with Gasteiger partial charge in [0.15, 0.2) is 5.13 Å². The van der Waals surface area contributed by atoms with E-state index in [0.717, 1.165) is 11.3 Å². The van der Waals surface area contributed by atoms with E-state index in [-0.39, 0.29) is 11.3 Å². The molecule has 0 aliphatic rings. The summed E-state index contributed by atoms with van der Waals surface area (Å²) in [4.78, 5) is 17.1. The zero-order chi connectivity index (χ0) is 18.9. The number of hydrogen-bond acceptors (Lipinski definition) is 3. The largest absolute Gasteiger partial charge is 0.298 e. The number of aromatic nitrogens is 1. The highest BCUT2D eigenvalue weighted by Gasteiger charge is 2.15. The van der Waals surface area contributed by atoms with E-state index in [4.69, 9.17) is 0 Å². The average Bonchev–Trinajstić information content (AvgIpc) is 3.02. The van der Waals surface area contributed by atoms with Gasteiger partial charge in [-0.25, -0.2) is 4.98 Å². The van der Waals surface area contributed by atoms with E-state index < -0.39 is 0 Å². The molecule has 0 aliphatic carbocycles. The van der Waals surface area contributed by atoms with Crippen LogP contribution in [0, 0.1) is 13.8 Å². The minimum atomic E-state index is -0.132. The lowest BCUT2D eigenvalue weighted by molar-refractivity contribution is 0.102. The zero-order valence-electron chi connectivity index (χ0n) is 15.9.